The second-order valence-corrected chi connectivity index (χ2v) is 4.82. The molecule has 0 aliphatic rings. The van der Waals surface area contributed by atoms with Gasteiger partial charge in [-0.05, 0) is 29.8 Å². The van der Waals surface area contributed by atoms with Gasteiger partial charge in [-0.15, -0.1) is 0 Å². The summed E-state index contributed by atoms with van der Waals surface area (Å²) in [4.78, 5) is 0. The predicted molar refractivity (Wildman–Crippen MR) is 75.3 cm³/mol. The van der Waals surface area contributed by atoms with Gasteiger partial charge in [-0.1, -0.05) is 35.9 Å². The first kappa shape index (κ1) is 15.7. The van der Waals surface area contributed by atoms with Crippen molar-refractivity contribution in [1.29, 1.82) is 0 Å². The molecule has 21 heavy (non-hydrogen) atoms. The van der Waals surface area contributed by atoms with Crippen molar-refractivity contribution < 1.29 is 17.9 Å². The van der Waals surface area contributed by atoms with Crippen LogP contribution in [0.3, 0.4) is 0 Å². The Kier molecular flexibility index (Phi) is 4.75. The molecule has 112 valence electrons. The highest BCUT2D eigenvalue weighted by Gasteiger charge is 2.34. The molecule has 2 N–H and O–H groups in total. The Bertz CT molecular complexity index is 599. The monoisotopic (exact) mass is 315 g/mol. The lowest BCUT2D eigenvalue weighted by Gasteiger charge is -2.21. The van der Waals surface area contributed by atoms with Crippen LogP contribution in [-0.2, 0) is 6.18 Å². The number of halogens is 4. The summed E-state index contributed by atoms with van der Waals surface area (Å²) in [6.07, 6.45) is -5.15. The molecule has 0 spiro atoms. The van der Waals surface area contributed by atoms with E-state index < -0.39 is 17.8 Å². The molecular weight excluding hydrogens is 303 g/mol. The standard InChI is InChI=1S/C15H13ClF3NO/c16-11-7-5-10(6-8-11)14(9-20)21-13-4-2-1-3-12(13)15(17,18)19/h1-8,14H,9,20H2. The molecule has 0 saturated carbocycles. The highest BCUT2D eigenvalue weighted by Crippen LogP contribution is 2.37. The van der Waals surface area contributed by atoms with Gasteiger partial charge in [0, 0.05) is 11.6 Å². The maximum atomic E-state index is 12.9. The molecule has 0 aromatic heterocycles. The van der Waals surface area contributed by atoms with Crippen LogP contribution in [-0.4, -0.2) is 6.54 Å². The Morgan fingerprint density at radius 1 is 1.05 bits per heavy atom. The molecule has 0 fully saturated rings. The molecule has 1 unspecified atom stereocenters. The molecule has 2 aromatic rings. The van der Waals surface area contributed by atoms with Crippen molar-refractivity contribution in [3.8, 4) is 5.75 Å². The molecule has 0 amide bonds. The third kappa shape index (κ3) is 3.89. The predicted octanol–water partition coefficient (Wildman–Crippen LogP) is 4.44. The Morgan fingerprint density at radius 3 is 2.24 bits per heavy atom. The van der Waals surface area contributed by atoms with E-state index in [2.05, 4.69) is 0 Å². The summed E-state index contributed by atoms with van der Waals surface area (Å²) in [5.41, 5.74) is 5.45. The summed E-state index contributed by atoms with van der Waals surface area (Å²) in [6.45, 7) is 0.0494. The van der Waals surface area contributed by atoms with Gasteiger partial charge in [0.05, 0.1) is 5.56 Å². The fourth-order valence-corrected chi connectivity index (χ4v) is 2.01. The Morgan fingerprint density at radius 2 is 1.67 bits per heavy atom. The van der Waals surface area contributed by atoms with E-state index in [1.54, 1.807) is 24.3 Å². The molecule has 0 saturated heterocycles. The van der Waals surface area contributed by atoms with Gasteiger partial charge in [-0.25, -0.2) is 0 Å². The third-order valence-corrected chi connectivity index (χ3v) is 3.17. The number of nitrogens with two attached hydrogens (primary N) is 1. The third-order valence-electron chi connectivity index (χ3n) is 2.92. The van der Waals surface area contributed by atoms with Gasteiger partial charge in [0.1, 0.15) is 11.9 Å². The summed E-state index contributed by atoms with van der Waals surface area (Å²) in [5.74, 6) is -0.240. The van der Waals surface area contributed by atoms with Gasteiger partial charge in [0.2, 0.25) is 0 Å². The van der Waals surface area contributed by atoms with Crippen LogP contribution in [0.15, 0.2) is 48.5 Å². The van der Waals surface area contributed by atoms with Crippen LogP contribution < -0.4 is 10.5 Å². The Hall–Kier alpha value is -1.72. The Balaban J connectivity index is 2.29. The van der Waals surface area contributed by atoms with Crippen LogP contribution in [0.5, 0.6) is 5.75 Å². The number of hydrogen-bond acceptors (Lipinski definition) is 2. The minimum absolute atomic E-state index is 0.0494. The lowest BCUT2D eigenvalue weighted by Crippen LogP contribution is -2.20. The van der Waals surface area contributed by atoms with Crippen molar-refractivity contribution in [1.82, 2.24) is 0 Å². The van der Waals surface area contributed by atoms with Gasteiger partial charge in [-0.3, -0.25) is 0 Å². The molecule has 0 aliphatic heterocycles. The number of hydrogen-bond donors (Lipinski definition) is 1. The van der Waals surface area contributed by atoms with E-state index in [4.69, 9.17) is 22.1 Å². The number of alkyl halides is 3. The van der Waals surface area contributed by atoms with E-state index in [1.165, 1.54) is 18.2 Å². The first-order chi connectivity index (χ1) is 9.91. The summed E-state index contributed by atoms with van der Waals surface area (Å²) in [7, 11) is 0. The number of para-hydroxylation sites is 1. The first-order valence-corrected chi connectivity index (χ1v) is 6.58. The topological polar surface area (TPSA) is 35.2 Å². The number of benzene rings is 2. The number of ether oxygens (including phenoxy) is 1. The molecule has 0 radical (unpaired) electrons. The quantitative estimate of drug-likeness (QED) is 0.905. The summed E-state index contributed by atoms with van der Waals surface area (Å²) in [5, 5.41) is 0.533. The fraction of sp³-hybridized carbons (Fsp3) is 0.200. The second kappa shape index (κ2) is 6.37. The molecule has 6 heteroatoms. The highest BCUT2D eigenvalue weighted by molar-refractivity contribution is 6.30. The van der Waals surface area contributed by atoms with Crippen LogP contribution in [0.25, 0.3) is 0 Å². The van der Waals surface area contributed by atoms with Crippen LogP contribution in [0, 0.1) is 0 Å². The highest BCUT2D eigenvalue weighted by atomic mass is 35.5. The zero-order valence-corrected chi connectivity index (χ0v) is 11.7. The maximum absolute atomic E-state index is 12.9. The molecule has 2 nitrogen and oxygen atoms in total. The average molecular weight is 316 g/mol. The van der Waals surface area contributed by atoms with E-state index in [9.17, 15) is 13.2 Å². The first-order valence-electron chi connectivity index (χ1n) is 6.20. The zero-order chi connectivity index (χ0) is 15.5. The van der Waals surface area contributed by atoms with E-state index >= 15 is 0 Å². The van der Waals surface area contributed by atoms with Crippen molar-refractivity contribution >= 4 is 11.6 Å². The van der Waals surface area contributed by atoms with Crippen LogP contribution in [0.1, 0.15) is 17.2 Å². The van der Waals surface area contributed by atoms with Crippen LogP contribution >= 0.6 is 11.6 Å². The van der Waals surface area contributed by atoms with Crippen molar-refractivity contribution in [2.75, 3.05) is 6.54 Å². The second-order valence-electron chi connectivity index (χ2n) is 4.39. The molecule has 0 bridgehead atoms. The Labute approximate surface area is 125 Å². The largest absolute Gasteiger partial charge is 0.484 e. The van der Waals surface area contributed by atoms with Crippen LogP contribution in [0.2, 0.25) is 5.02 Å². The van der Waals surface area contributed by atoms with Gasteiger partial charge < -0.3 is 10.5 Å². The normalized spacial score (nSPS) is 13.0. The zero-order valence-electron chi connectivity index (χ0n) is 10.9. The SMILES string of the molecule is NCC(Oc1ccccc1C(F)(F)F)c1ccc(Cl)cc1. The minimum Gasteiger partial charge on any atom is -0.484 e. The van der Waals surface area contributed by atoms with E-state index in [0.29, 0.717) is 10.6 Å². The summed E-state index contributed by atoms with van der Waals surface area (Å²) in [6, 6.07) is 11.7. The minimum atomic E-state index is -4.48. The molecular formula is C15H13ClF3NO. The van der Waals surface area contributed by atoms with Crippen molar-refractivity contribution in [3.63, 3.8) is 0 Å². The molecule has 2 rings (SSSR count). The van der Waals surface area contributed by atoms with Crippen molar-refractivity contribution in [2.45, 2.75) is 12.3 Å². The molecule has 0 heterocycles. The van der Waals surface area contributed by atoms with E-state index in [0.717, 1.165) is 6.07 Å². The molecule has 1 atom stereocenters. The smallest absolute Gasteiger partial charge is 0.419 e. The fourth-order valence-electron chi connectivity index (χ4n) is 1.89. The maximum Gasteiger partial charge on any atom is 0.419 e. The van der Waals surface area contributed by atoms with Gasteiger partial charge in [0.25, 0.3) is 0 Å². The molecule has 2 aromatic carbocycles. The lowest BCUT2D eigenvalue weighted by atomic mass is 10.1. The van der Waals surface area contributed by atoms with Gasteiger partial charge in [0.15, 0.2) is 0 Å². The van der Waals surface area contributed by atoms with Crippen molar-refractivity contribution in [2.24, 2.45) is 5.73 Å². The molecule has 0 aliphatic carbocycles. The van der Waals surface area contributed by atoms with Gasteiger partial charge >= 0.3 is 6.18 Å². The van der Waals surface area contributed by atoms with E-state index in [1.807, 2.05) is 0 Å². The van der Waals surface area contributed by atoms with Gasteiger partial charge in [-0.2, -0.15) is 13.2 Å². The lowest BCUT2D eigenvalue weighted by molar-refractivity contribution is -0.139. The van der Waals surface area contributed by atoms with Crippen LogP contribution in [0.4, 0.5) is 13.2 Å². The average Bonchev–Trinajstić information content (AvgIpc) is 2.45. The van der Waals surface area contributed by atoms with Crippen molar-refractivity contribution in [3.05, 3.63) is 64.7 Å². The van der Waals surface area contributed by atoms with E-state index in [-0.39, 0.29) is 12.3 Å². The summed E-state index contributed by atoms with van der Waals surface area (Å²) < 4.78 is 44.2. The number of rotatable bonds is 4. The summed E-state index contributed by atoms with van der Waals surface area (Å²) >= 11 is 5.78.